The zero-order chi connectivity index (χ0) is 15.4. The highest BCUT2D eigenvalue weighted by Gasteiger charge is 2.15. The maximum atomic E-state index is 11.2. The van der Waals surface area contributed by atoms with Gasteiger partial charge in [-0.1, -0.05) is 24.3 Å². The smallest absolute Gasteiger partial charge is 0.150 e. The molecule has 2 aromatic carbocycles. The molecule has 0 aliphatic heterocycles. The van der Waals surface area contributed by atoms with E-state index < -0.39 is 0 Å². The second kappa shape index (κ2) is 6.44. The largest absolute Gasteiger partial charge is 0.496 e. The summed E-state index contributed by atoms with van der Waals surface area (Å²) in [7, 11) is 3.33. The molecule has 0 aromatic heterocycles. The number of carbonyl (C=O) groups is 1. The van der Waals surface area contributed by atoms with Crippen LogP contribution in [0.1, 0.15) is 32.6 Å². The lowest BCUT2D eigenvalue weighted by atomic mass is 9.95. The molecule has 0 aliphatic rings. The van der Waals surface area contributed by atoms with E-state index >= 15 is 0 Å². The summed E-state index contributed by atoms with van der Waals surface area (Å²) in [5, 5.41) is 0. The molecule has 3 heteroatoms. The van der Waals surface area contributed by atoms with Crippen LogP contribution in [0.5, 0.6) is 11.5 Å². The Balaban J connectivity index is 2.53. The van der Waals surface area contributed by atoms with Crippen LogP contribution in [0.3, 0.4) is 0 Å². The fraction of sp³-hybridized carbons (Fsp3) is 0.278. The minimum absolute atomic E-state index is 0.634. The quantitative estimate of drug-likeness (QED) is 0.785. The fourth-order valence-corrected chi connectivity index (χ4v) is 2.57. The normalized spacial score (nSPS) is 10.3. The van der Waals surface area contributed by atoms with Crippen molar-refractivity contribution in [3.05, 3.63) is 58.1 Å². The number of benzene rings is 2. The summed E-state index contributed by atoms with van der Waals surface area (Å²) in [4.78, 5) is 11.2. The SMILES string of the molecule is COc1cc(Cc2ccccc2C=O)c(OC)c(C)c1C. The fourth-order valence-electron chi connectivity index (χ4n) is 2.57. The molecule has 0 aliphatic carbocycles. The van der Waals surface area contributed by atoms with Crippen molar-refractivity contribution in [1.29, 1.82) is 0 Å². The molecule has 2 rings (SSSR count). The molecule has 0 heterocycles. The average molecular weight is 284 g/mol. The van der Waals surface area contributed by atoms with Crippen LogP contribution in [0, 0.1) is 13.8 Å². The Hall–Kier alpha value is -2.29. The summed E-state index contributed by atoms with van der Waals surface area (Å²) in [5.74, 6) is 1.70. The third kappa shape index (κ3) is 2.92. The van der Waals surface area contributed by atoms with Gasteiger partial charge in [0.25, 0.3) is 0 Å². The van der Waals surface area contributed by atoms with Crippen LogP contribution in [-0.2, 0) is 6.42 Å². The third-order valence-corrected chi connectivity index (χ3v) is 3.86. The molecule has 110 valence electrons. The highest BCUT2D eigenvalue weighted by atomic mass is 16.5. The average Bonchev–Trinajstić information content (AvgIpc) is 2.51. The molecule has 0 saturated carbocycles. The number of aldehydes is 1. The summed E-state index contributed by atoms with van der Waals surface area (Å²) < 4.78 is 11.0. The van der Waals surface area contributed by atoms with E-state index in [1.807, 2.05) is 44.2 Å². The number of rotatable bonds is 5. The molecule has 0 unspecified atom stereocenters. The Labute approximate surface area is 125 Å². The Morgan fingerprint density at radius 3 is 2.33 bits per heavy atom. The summed E-state index contributed by atoms with van der Waals surface area (Å²) in [5.41, 5.74) is 4.84. The molecule has 21 heavy (non-hydrogen) atoms. The zero-order valence-electron chi connectivity index (χ0n) is 12.9. The predicted molar refractivity (Wildman–Crippen MR) is 83.7 cm³/mol. The van der Waals surface area contributed by atoms with Gasteiger partial charge in [0, 0.05) is 17.5 Å². The van der Waals surface area contributed by atoms with E-state index in [2.05, 4.69) is 0 Å². The number of hydrogen-bond acceptors (Lipinski definition) is 3. The monoisotopic (exact) mass is 284 g/mol. The van der Waals surface area contributed by atoms with Crippen molar-refractivity contribution >= 4 is 6.29 Å². The van der Waals surface area contributed by atoms with E-state index in [4.69, 9.17) is 9.47 Å². The van der Waals surface area contributed by atoms with Gasteiger partial charge in [-0.05, 0) is 36.6 Å². The Morgan fingerprint density at radius 2 is 1.71 bits per heavy atom. The molecule has 2 aromatic rings. The molecule has 0 bridgehead atoms. The third-order valence-electron chi connectivity index (χ3n) is 3.86. The van der Waals surface area contributed by atoms with Crippen molar-refractivity contribution in [3.8, 4) is 11.5 Å². The van der Waals surface area contributed by atoms with E-state index in [0.29, 0.717) is 12.0 Å². The Morgan fingerprint density at radius 1 is 1.00 bits per heavy atom. The van der Waals surface area contributed by atoms with Crippen molar-refractivity contribution in [1.82, 2.24) is 0 Å². The van der Waals surface area contributed by atoms with Gasteiger partial charge in [-0.2, -0.15) is 0 Å². The van der Waals surface area contributed by atoms with E-state index in [9.17, 15) is 4.79 Å². The first-order valence-corrected chi connectivity index (χ1v) is 6.86. The van der Waals surface area contributed by atoms with Gasteiger partial charge < -0.3 is 9.47 Å². The summed E-state index contributed by atoms with van der Waals surface area (Å²) in [6.07, 6.45) is 1.52. The van der Waals surface area contributed by atoms with Gasteiger partial charge in [0.15, 0.2) is 0 Å². The van der Waals surface area contributed by atoms with Gasteiger partial charge in [0.2, 0.25) is 0 Å². The molecule has 3 nitrogen and oxygen atoms in total. The number of methoxy groups -OCH3 is 2. The highest BCUT2D eigenvalue weighted by Crippen LogP contribution is 2.34. The first-order valence-electron chi connectivity index (χ1n) is 6.86. The van der Waals surface area contributed by atoms with Crippen LogP contribution in [-0.4, -0.2) is 20.5 Å². The Bertz CT molecular complexity index is 660. The predicted octanol–water partition coefficient (Wildman–Crippen LogP) is 3.72. The maximum absolute atomic E-state index is 11.2. The highest BCUT2D eigenvalue weighted by molar-refractivity contribution is 5.77. The van der Waals surface area contributed by atoms with Crippen LogP contribution >= 0.6 is 0 Å². The standard InChI is InChI=1S/C18H20O3/c1-12-13(2)18(21-4)16(10-17(12)20-3)9-14-7-5-6-8-15(14)11-19/h5-8,10-11H,9H2,1-4H3. The first kappa shape index (κ1) is 15.1. The van der Waals surface area contributed by atoms with Crippen LogP contribution < -0.4 is 9.47 Å². The van der Waals surface area contributed by atoms with Crippen LogP contribution in [0.25, 0.3) is 0 Å². The number of ether oxygens (including phenoxy) is 2. The minimum atomic E-state index is 0.634. The summed E-state index contributed by atoms with van der Waals surface area (Å²) >= 11 is 0. The van der Waals surface area contributed by atoms with Gasteiger partial charge in [0.1, 0.15) is 17.8 Å². The molecule has 0 amide bonds. The van der Waals surface area contributed by atoms with Crippen molar-refractivity contribution in [2.24, 2.45) is 0 Å². The van der Waals surface area contributed by atoms with E-state index in [0.717, 1.165) is 40.0 Å². The Kier molecular flexibility index (Phi) is 4.63. The van der Waals surface area contributed by atoms with Gasteiger partial charge in [-0.25, -0.2) is 0 Å². The molecule has 0 atom stereocenters. The van der Waals surface area contributed by atoms with Gasteiger partial charge in [-0.3, -0.25) is 4.79 Å². The van der Waals surface area contributed by atoms with Gasteiger partial charge in [-0.15, -0.1) is 0 Å². The molecule has 0 fully saturated rings. The summed E-state index contributed by atoms with van der Waals surface area (Å²) in [6.45, 7) is 4.03. The lowest BCUT2D eigenvalue weighted by Crippen LogP contribution is -2.02. The summed E-state index contributed by atoms with van der Waals surface area (Å²) in [6, 6.07) is 9.58. The first-order chi connectivity index (χ1) is 10.1. The van der Waals surface area contributed by atoms with Crippen LogP contribution in [0.4, 0.5) is 0 Å². The van der Waals surface area contributed by atoms with Gasteiger partial charge in [0.05, 0.1) is 14.2 Å². The molecule has 0 radical (unpaired) electrons. The van der Waals surface area contributed by atoms with Crippen molar-refractivity contribution in [2.45, 2.75) is 20.3 Å². The van der Waals surface area contributed by atoms with E-state index in [1.54, 1.807) is 14.2 Å². The number of carbonyl (C=O) groups excluding carboxylic acids is 1. The second-order valence-corrected chi connectivity index (χ2v) is 5.01. The second-order valence-electron chi connectivity index (χ2n) is 5.01. The van der Waals surface area contributed by atoms with Crippen molar-refractivity contribution in [2.75, 3.05) is 14.2 Å². The molecular formula is C18H20O3. The topological polar surface area (TPSA) is 35.5 Å². The van der Waals surface area contributed by atoms with E-state index in [-0.39, 0.29) is 0 Å². The minimum Gasteiger partial charge on any atom is -0.496 e. The lowest BCUT2D eigenvalue weighted by molar-refractivity contribution is 0.112. The van der Waals surface area contributed by atoms with Crippen molar-refractivity contribution < 1.29 is 14.3 Å². The molecular weight excluding hydrogens is 264 g/mol. The molecule has 0 N–H and O–H groups in total. The zero-order valence-corrected chi connectivity index (χ0v) is 12.9. The van der Waals surface area contributed by atoms with E-state index in [1.165, 1.54) is 0 Å². The van der Waals surface area contributed by atoms with Crippen molar-refractivity contribution in [3.63, 3.8) is 0 Å². The van der Waals surface area contributed by atoms with Gasteiger partial charge >= 0.3 is 0 Å². The maximum Gasteiger partial charge on any atom is 0.150 e. The molecule has 0 saturated heterocycles. The lowest BCUT2D eigenvalue weighted by Gasteiger charge is -2.17. The van der Waals surface area contributed by atoms with Crippen LogP contribution in [0.15, 0.2) is 30.3 Å². The molecule has 0 spiro atoms. The van der Waals surface area contributed by atoms with Crippen LogP contribution in [0.2, 0.25) is 0 Å². The number of hydrogen-bond donors (Lipinski definition) is 0.